The minimum absolute atomic E-state index is 0.0773. The van der Waals surface area contributed by atoms with Crippen molar-refractivity contribution in [2.24, 2.45) is 7.05 Å². The lowest BCUT2D eigenvalue weighted by atomic mass is 10.1. The number of carbonyl (C=O) groups excluding carboxylic acids is 1. The van der Waals surface area contributed by atoms with Crippen LogP contribution in [0, 0.1) is 0 Å². The maximum Gasteiger partial charge on any atom is 0.255 e. The van der Waals surface area contributed by atoms with Gasteiger partial charge in [-0.05, 0) is 18.9 Å². The maximum absolute atomic E-state index is 12.5. The number of nitrogens with zero attached hydrogens (tertiary/aromatic N) is 3. The molecule has 1 fully saturated rings. The zero-order chi connectivity index (χ0) is 17.2. The summed E-state index contributed by atoms with van der Waals surface area (Å²) in [7, 11) is 1.94. The number of aryl methyl sites for hydroxylation is 1. The maximum atomic E-state index is 12.5. The van der Waals surface area contributed by atoms with Crippen LogP contribution in [0.3, 0.4) is 0 Å². The third kappa shape index (κ3) is 3.15. The predicted molar refractivity (Wildman–Crippen MR) is 91.2 cm³/mol. The topological polar surface area (TPSA) is 82.2 Å². The number of fused-ring (bicyclic) bond motifs is 1. The van der Waals surface area contributed by atoms with Crippen LogP contribution in [0.25, 0.3) is 10.9 Å². The quantitative estimate of drug-likeness (QED) is 0.771. The molecule has 1 aromatic carbocycles. The summed E-state index contributed by atoms with van der Waals surface area (Å²) in [6, 6.07) is 7.85. The Bertz CT molecular complexity index is 893. The van der Waals surface area contributed by atoms with Crippen LogP contribution < -0.4 is 5.32 Å². The van der Waals surface area contributed by atoms with Crippen molar-refractivity contribution >= 4 is 16.8 Å². The first kappa shape index (κ1) is 15.8. The van der Waals surface area contributed by atoms with Crippen molar-refractivity contribution in [2.45, 2.75) is 25.4 Å². The molecule has 1 amide bonds. The van der Waals surface area contributed by atoms with E-state index in [0.29, 0.717) is 30.2 Å². The number of ether oxygens (including phenoxy) is 1. The zero-order valence-corrected chi connectivity index (χ0v) is 14.1. The highest BCUT2D eigenvalue weighted by Crippen LogP contribution is 2.26. The lowest BCUT2D eigenvalue weighted by molar-refractivity contribution is 0.0835. The van der Waals surface area contributed by atoms with E-state index in [1.807, 2.05) is 42.1 Å². The molecule has 0 bridgehead atoms. The van der Waals surface area contributed by atoms with E-state index in [9.17, 15) is 4.79 Å². The molecule has 0 spiro atoms. The molecule has 7 nitrogen and oxygen atoms in total. The molecule has 3 aromatic rings. The Morgan fingerprint density at radius 3 is 3.12 bits per heavy atom. The Morgan fingerprint density at radius 2 is 2.28 bits per heavy atom. The van der Waals surface area contributed by atoms with E-state index >= 15 is 0 Å². The smallest absolute Gasteiger partial charge is 0.255 e. The molecular formula is C18H20N4O3. The fourth-order valence-corrected chi connectivity index (χ4v) is 3.18. The fraction of sp³-hybridized carbons (Fsp3) is 0.389. The molecule has 4 rings (SSSR count). The highest BCUT2D eigenvalue weighted by Gasteiger charge is 2.23. The molecule has 0 saturated carbocycles. The molecule has 1 aliphatic heterocycles. The summed E-state index contributed by atoms with van der Waals surface area (Å²) >= 11 is 0. The first-order chi connectivity index (χ1) is 12.2. The van der Waals surface area contributed by atoms with E-state index < -0.39 is 0 Å². The Hall–Kier alpha value is -2.67. The van der Waals surface area contributed by atoms with Crippen LogP contribution in [-0.4, -0.2) is 33.8 Å². The highest BCUT2D eigenvalue weighted by molar-refractivity contribution is 6.06. The molecule has 7 heteroatoms. The van der Waals surface area contributed by atoms with Crippen LogP contribution in [0.4, 0.5) is 0 Å². The minimum atomic E-state index is -0.0976. The van der Waals surface area contributed by atoms with Crippen molar-refractivity contribution in [3.05, 3.63) is 47.7 Å². The van der Waals surface area contributed by atoms with Crippen molar-refractivity contribution in [3.8, 4) is 0 Å². The van der Waals surface area contributed by atoms with Crippen molar-refractivity contribution in [2.75, 3.05) is 13.2 Å². The molecule has 0 radical (unpaired) electrons. The summed E-state index contributed by atoms with van der Waals surface area (Å²) < 4.78 is 12.7. The van der Waals surface area contributed by atoms with Gasteiger partial charge in [0.1, 0.15) is 6.10 Å². The number of carbonyl (C=O) groups is 1. The van der Waals surface area contributed by atoms with Crippen molar-refractivity contribution in [1.29, 1.82) is 0 Å². The van der Waals surface area contributed by atoms with Gasteiger partial charge in [-0.15, -0.1) is 0 Å². The molecule has 1 atom stereocenters. The molecule has 1 saturated heterocycles. The standard InChI is InChI=1S/C18H20N4O3/c1-22-11-13(12-5-2-3-6-14(12)22)17(23)19-9-8-16-20-18(25-21-16)15-7-4-10-24-15/h2-3,5-6,11,15H,4,7-10H2,1H3,(H,19,23)/t15-/m1/s1. The van der Waals surface area contributed by atoms with E-state index in [0.717, 1.165) is 30.4 Å². The first-order valence-electron chi connectivity index (χ1n) is 8.49. The van der Waals surface area contributed by atoms with Gasteiger partial charge in [-0.2, -0.15) is 4.98 Å². The largest absolute Gasteiger partial charge is 0.368 e. The number of nitrogens with one attached hydrogen (secondary N) is 1. The van der Waals surface area contributed by atoms with Gasteiger partial charge in [0, 0.05) is 43.7 Å². The normalized spacial score (nSPS) is 17.2. The summed E-state index contributed by atoms with van der Waals surface area (Å²) in [6.07, 6.45) is 4.23. The fourth-order valence-electron chi connectivity index (χ4n) is 3.18. The van der Waals surface area contributed by atoms with Gasteiger partial charge >= 0.3 is 0 Å². The Balaban J connectivity index is 1.37. The van der Waals surface area contributed by atoms with Crippen molar-refractivity contribution in [3.63, 3.8) is 0 Å². The van der Waals surface area contributed by atoms with Gasteiger partial charge in [-0.25, -0.2) is 0 Å². The summed E-state index contributed by atoms with van der Waals surface area (Å²) in [4.78, 5) is 16.8. The van der Waals surface area contributed by atoms with Crippen LogP contribution in [-0.2, 0) is 18.2 Å². The van der Waals surface area contributed by atoms with Crippen LogP contribution in [0.2, 0.25) is 0 Å². The summed E-state index contributed by atoms with van der Waals surface area (Å²) in [5.74, 6) is 1.02. The molecule has 1 aliphatic rings. The predicted octanol–water partition coefficient (Wildman–Crippen LogP) is 2.39. The number of benzene rings is 1. The molecule has 3 heterocycles. The number of hydrogen-bond donors (Lipinski definition) is 1. The number of para-hydroxylation sites is 1. The third-order valence-electron chi connectivity index (χ3n) is 4.46. The van der Waals surface area contributed by atoms with Crippen molar-refractivity contribution in [1.82, 2.24) is 20.0 Å². The second-order valence-electron chi connectivity index (χ2n) is 6.23. The summed E-state index contributed by atoms with van der Waals surface area (Å²) in [5, 5.41) is 7.84. The Labute approximate surface area is 145 Å². The van der Waals surface area contributed by atoms with Gasteiger partial charge in [0.05, 0.1) is 5.56 Å². The van der Waals surface area contributed by atoms with Crippen molar-refractivity contribution < 1.29 is 14.1 Å². The number of hydrogen-bond acceptors (Lipinski definition) is 5. The van der Waals surface area contributed by atoms with Crippen LogP contribution in [0.5, 0.6) is 0 Å². The highest BCUT2D eigenvalue weighted by atomic mass is 16.5. The Kier molecular flexibility index (Phi) is 4.23. The average Bonchev–Trinajstić information content (AvgIpc) is 3.35. The lowest BCUT2D eigenvalue weighted by Crippen LogP contribution is -2.25. The zero-order valence-electron chi connectivity index (χ0n) is 14.1. The molecule has 130 valence electrons. The van der Waals surface area contributed by atoms with Crippen LogP contribution >= 0.6 is 0 Å². The second kappa shape index (κ2) is 6.68. The second-order valence-corrected chi connectivity index (χ2v) is 6.23. The summed E-state index contributed by atoms with van der Waals surface area (Å²) in [6.45, 7) is 1.19. The van der Waals surface area contributed by atoms with E-state index in [4.69, 9.17) is 9.26 Å². The SMILES string of the molecule is Cn1cc(C(=O)NCCc2noc([C@H]3CCCO3)n2)c2ccccc21. The Morgan fingerprint density at radius 1 is 1.40 bits per heavy atom. The van der Waals surface area contributed by atoms with Gasteiger partial charge < -0.3 is 19.1 Å². The van der Waals surface area contributed by atoms with E-state index in [1.54, 1.807) is 0 Å². The van der Waals surface area contributed by atoms with Gasteiger partial charge in [-0.3, -0.25) is 4.79 Å². The number of amides is 1. The molecule has 2 aromatic heterocycles. The van der Waals surface area contributed by atoms with Crippen LogP contribution in [0.1, 0.15) is 41.0 Å². The molecule has 1 N–H and O–H groups in total. The third-order valence-corrected chi connectivity index (χ3v) is 4.46. The lowest BCUT2D eigenvalue weighted by Gasteiger charge is -2.02. The van der Waals surface area contributed by atoms with Gasteiger partial charge in [0.2, 0.25) is 0 Å². The number of aromatic nitrogens is 3. The van der Waals surface area contributed by atoms with E-state index in [1.165, 1.54) is 0 Å². The molecule has 0 unspecified atom stereocenters. The van der Waals surface area contributed by atoms with E-state index in [2.05, 4.69) is 15.5 Å². The van der Waals surface area contributed by atoms with E-state index in [-0.39, 0.29) is 12.0 Å². The monoisotopic (exact) mass is 340 g/mol. The summed E-state index contributed by atoms with van der Waals surface area (Å²) in [5.41, 5.74) is 1.71. The van der Waals surface area contributed by atoms with Gasteiger partial charge in [0.15, 0.2) is 5.82 Å². The average molecular weight is 340 g/mol. The molecular weight excluding hydrogens is 320 g/mol. The number of rotatable bonds is 5. The molecule has 25 heavy (non-hydrogen) atoms. The van der Waals surface area contributed by atoms with Gasteiger partial charge in [0.25, 0.3) is 11.8 Å². The first-order valence-corrected chi connectivity index (χ1v) is 8.49. The minimum Gasteiger partial charge on any atom is -0.368 e. The van der Waals surface area contributed by atoms with Crippen LogP contribution in [0.15, 0.2) is 35.0 Å². The van der Waals surface area contributed by atoms with Gasteiger partial charge in [-0.1, -0.05) is 23.4 Å². The molecule has 0 aliphatic carbocycles.